The van der Waals surface area contributed by atoms with E-state index in [2.05, 4.69) is 4.99 Å². The zero-order valence-electron chi connectivity index (χ0n) is 5.28. The fraction of sp³-hybridized carbons (Fsp3) is 0.333. The number of fused-ring (bicyclic) bond motifs is 1. The van der Waals surface area contributed by atoms with Crippen molar-refractivity contribution in [2.75, 3.05) is 13.1 Å². The van der Waals surface area contributed by atoms with Crippen molar-refractivity contribution in [3.05, 3.63) is 12.3 Å². The zero-order chi connectivity index (χ0) is 6.97. The van der Waals surface area contributed by atoms with E-state index in [1.54, 1.807) is 11.1 Å². The van der Waals surface area contributed by atoms with Crippen LogP contribution in [0.25, 0.3) is 0 Å². The number of hydrogen-bond acceptors (Lipinski definition) is 4. The average Bonchev–Trinajstić information content (AvgIpc) is 2.27. The molecule has 0 amide bonds. The summed E-state index contributed by atoms with van der Waals surface area (Å²) >= 11 is 0. The molecule has 10 heavy (non-hydrogen) atoms. The summed E-state index contributed by atoms with van der Waals surface area (Å²) < 4.78 is 4.75. The summed E-state index contributed by atoms with van der Waals surface area (Å²) in [6, 6.07) is 0.438. The van der Waals surface area contributed by atoms with Gasteiger partial charge in [-0.25, -0.2) is 9.79 Å². The topological polar surface area (TPSA) is 41.9 Å². The summed E-state index contributed by atoms with van der Waals surface area (Å²) in [5.41, 5.74) is 0. The third kappa shape index (κ3) is 0.689. The van der Waals surface area contributed by atoms with E-state index in [0.29, 0.717) is 12.6 Å². The Morgan fingerprint density at radius 2 is 2.60 bits per heavy atom. The van der Waals surface area contributed by atoms with Crippen LogP contribution >= 0.6 is 0 Å². The number of rotatable bonds is 0. The van der Waals surface area contributed by atoms with Crippen LogP contribution in [0.2, 0.25) is 0 Å². The zero-order valence-corrected chi connectivity index (χ0v) is 5.28. The van der Waals surface area contributed by atoms with E-state index in [4.69, 9.17) is 4.74 Å². The molecule has 0 unspecified atom stereocenters. The summed E-state index contributed by atoms with van der Waals surface area (Å²) in [5, 5.41) is 0. The molecule has 0 bridgehead atoms. The SMILES string of the molecule is O=C1CN2CC=CN=C2O1. The fourth-order valence-electron chi connectivity index (χ4n) is 0.964. The summed E-state index contributed by atoms with van der Waals surface area (Å²) in [6.07, 6.45) is 3.52. The van der Waals surface area contributed by atoms with Gasteiger partial charge in [-0.2, -0.15) is 0 Å². The van der Waals surface area contributed by atoms with E-state index < -0.39 is 0 Å². The normalized spacial score (nSPS) is 22.2. The number of amidine groups is 1. The maximum atomic E-state index is 10.6. The van der Waals surface area contributed by atoms with Crippen molar-refractivity contribution < 1.29 is 9.53 Å². The molecular formula is C6H6N2O2. The first-order valence-electron chi connectivity index (χ1n) is 3.05. The Morgan fingerprint density at radius 1 is 1.70 bits per heavy atom. The van der Waals surface area contributed by atoms with Crippen LogP contribution in [-0.4, -0.2) is 30.0 Å². The van der Waals surface area contributed by atoms with Gasteiger partial charge in [0.2, 0.25) is 0 Å². The molecule has 2 aliphatic rings. The standard InChI is InChI=1S/C6H6N2O2/c9-5-4-8-3-1-2-7-6(8)10-5/h1-2H,3-4H2. The molecule has 0 aliphatic carbocycles. The quantitative estimate of drug-likeness (QED) is 0.432. The maximum absolute atomic E-state index is 10.6. The molecule has 0 saturated carbocycles. The van der Waals surface area contributed by atoms with Crippen LogP contribution in [0.3, 0.4) is 0 Å². The molecule has 4 heteroatoms. The van der Waals surface area contributed by atoms with Gasteiger partial charge in [0.15, 0.2) is 0 Å². The van der Waals surface area contributed by atoms with Gasteiger partial charge in [0.1, 0.15) is 6.54 Å². The van der Waals surface area contributed by atoms with Crippen LogP contribution in [0.4, 0.5) is 0 Å². The van der Waals surface area contributed by atoms with Crippen LogP contribution < -0.4 is 0 Å². The van der Waals surface area contributed by atoms with Gasteiger partial charge < -0.3 is 9.64 Å². The number of carbonyl (C=O) groups excluding carboxylic acids is 1. The van der Waals surface area contributed by atoms with Crippen LogP contribution in [0.1, 0.15) is 0 Å². The minimum atomic E-state index is -0.220. The second-order valence-electron chi connectivity index (χ2n) is 2.15. The lowest BCUT2D eigenvalue weighted by atomic mass is 10.5. The molecule has 2 rings (SSSR count). The Kier molecular flexibility index (Phi) is 1.00. The molecule has 2 heterocycles. The molecule has 0 aromatic rings. The average molecular weight is 138 g/mol. The first-order valence-corrected chi connectivity index (χ1v) is 3.05. The highest BCUT2D eigenvalue weighted by molar-refractivity contribution is 5.96. The summed E-state index contributed by atoms with van der Waals surface area (Å²) in [5.74, 6) is -0.220. The molecule has 0 spiro atoms. The second-order valence-corrected chi connectivity index (χ2v) is 2.15. The Labute approximate surface area is 57.8 Å². The molecule has 0 aromatic heterocycles. The van der Waals surface area contributed by atoms with E-state index in [9.17, 15) is 4.79 Å². The Morgan fingerprint density at radius 3 is 3.40 bits per heavy atom. The summed E-state index contributed by atoms with van der Waals surface area (Å²) in [7, 11) is 0. The number of aliphatic imine (C=N–C) groups is 1. The molecule has 0 atom stereocenters. The van der Waals surface area contributed by atoms with Gasteiger partial charge in [0.05, 0.1) is 0 Å². The predicted octanol–water partition coefficient (Wildman–Crippen LogP) is -0.271. The van der Waals surface area contributed by atoms with Crippen LogP contribution in [0.15, 0.2) is 17.3 Å². The minimum absolute atomic E-state index is 0.220. The van der Waals surface area contributed by atoms with E-state index in [1.165, 1.54) is 0 Å². The van der Waals surface area contributed by atoms with E-state index in [-0.39, 0.29) is 5.97 Å². The minimum Gasteiger partial charge on any atom is -0.391 e. The lowest BCUT2D eigenvalue weighted by Crippen LogP contribution is -2.27. The molecule has 1 fully saturated rings. The number of esters is 1. The summed E-state index contributed by atoms with van der Waals surface area (Å²) in [6.45, 7) is 1.06. The fourth-order valence-corrected chi connectivity index (χ4v) is 0.964. The first-order chi connectivity index (χ1) is 4.86. The molecule has 0 radical (unpaired) electrons. The lowest BCUT2D eigenvalue weighted by molar-refractivity contribution is -0.132. The van der Waals surface area contributed by atoms with Crippen molar-refractivity contribution in [3.8, 4) is 0 Å². The van der Waals surface area contributed by atoms with E-state index in [1.807, 2.05) is 6.08 Å². The Hall–Kier alpha value is -1.32. The smallest absolute Gasteiger partial charge is 0.333 e. The molecule has 4 nitrogen and oxygen atoms in total. The maximum Gasteiger partial charge on any atom is 0.333 e. The number of ether oxygens (including phenoxy) is 1. The Balaban J connectivity index is 2.26. The van der Waals surface area contributed by atoms with Gasteiger partial charge in [0.25, 0.3) is 0 Å². The van der Waals surface area contributed by atoms with Crippen molar-refractivity contribution in [1.29, 1.82) is 0 Å². The molecule has 0 aromatic carbocycles. The first kappa shape index (κ1) is 5.46. The number of nitrogens with zero attached hydrogens (tertiary/aromatic N) is 2. The highest BCUT2D eigenvalue weighted by Gasteiger charge is 2.27. The van der Waals surface area contributed by atoms with Crippen molar-refractivity contribution >= 4 is 12.0 Å². The predicted molar refractivity (Wildman–Crippen MR) is 34.2 cm³/mol. The third-order valence-electron chi connectivity index (χ3n) is 1.41. The van der Waals surface area contributed by atoms with Gasteiger partial charge in [-0.1, -0.05) is 0 Å². The van der Waals surface area contributed by atoms with Gasteiger partial charge in [-0.15, -0.1) is 0 Å². The number of hydrogen-bond donors (Lipinski definition) is 0. The van der Waals surface area contributed by atoms with Gasteiger partial charge in [0, 0.05) is 12.7 Å². The lowest BCUT2D eigenvalue weighted by Gasteiger charge is -2.13. The highest BCUT2D eigenvalue weighted by Crippen LogP contribution is 2.08. The second kappa shape index (κ2) is 1.83. The molecule has 0 N–H and O–H groups in total. The summed E-state index contributed by atoms with van der Waals surface area (Å²) in [4.78, 5) is 16.3. The Bertz CT molecular complexity index is 232. The van der Waals surface area contributed by atoms with Gasteiger partial charge in [-0.05, 0) is 6.08 Å². The van der Waals surface area contributed by atoms with Gasteiger partial charge in [-0.3, -0.25) is 0 Å². The largest absolute Gasteiger partial charge is 0.391 e. The van der Waals surface area contributed by atoms with Gasteiger partial charge >= 0.3 is 12.0 Å². The van der Waals surface area contributed by atoms with Crippen molar-refractivity contribution in [1.82, 2.24) is 4.90 Å². The molecule has 2 aliphatic heterocycles. The highest BCUT2D eigenvalue weighted by atomic mass is 16.6. The molecule has 1 saturated heterocycles. The molecule has 52 valence electrons. The molecular weight excluding hydrogens is 132 g/mol. The van der Waals surface area contributed by atoms with Crippen molar-refractivity contribution in [3.63, 3.8) is 0 Å². The van der Waals surface area contributed by atoms with Crippen LogP contribution in [0.5, 0.6) is 0 Å². The monoisotopic (exact) mass is 138 g/mol. The van der Waals surface area contributed by atoms with Crippen LogP contribution in [0, 0.1) is 0 Å². The third-order valence-corrected chi connectivity index (χ3v) is 1.41. The van der Waals surface area contributed by atoms with Crippen LogP contribution in [-0.2, 0) is 9.53 Å². The van der Waals surface area contributed by atoms with Crippen molar-refractivity contribution in [2.24, 2.45) is 4.99 Å². The van der Waals surface area contributed by atoms with E-state index in [0.717, 1.165) is 6.54 Å². The van der Waals surface area contributed by atoms with E-state index >= 15 is 0 Å². The number of carbonyl (C=O) groups is 1. The van der Waals surface area contributed by atoms with Crippen molar-refractivity contribution in [2.45, 2.75) is 0 Å².